The van der Waals surface area contributed by atoms with Gasteiger partial charge in [0, 0.05) is 37.1 Å². The minimum absolute atomic E-state index is 1.05. The molecule has 0 N–H and O–H groups in total. The van der Waals surface area contributed by atoms with Crippen LogP contribution in [0.2, 0.25) is 0 Å². The second kappa shape index (κ2) is 8.53. The molecule has 2 nitrogen and oxygen atoms in total. The van der Waals surface area contributed by atoms with E-state index in [0.29, 0.717) is 0 Å². The Balaban J connectivity index is 1.37. The lowest BCUT2D eigenvalue weighted by Crippen LogP contribution is -2.30. The number of aryl methyl sites for hydroxylation is 2. The summed E-state index contributed by atoms with van der Waals surface area (Å²) in [5.74, 6) is 0. The van der Waals surface area contributed by atoms with Gasteiger partial charge in [-0.15, -0.1) is 0 Å². The third-order valence-corrected chi connectivity index (χ3v) is 5.57. The van der Waals surface area contributed by atoms with E-state index in [0.717, 1.165) is 38.2 Å². The molecule has 0 atom stereocenters. The van der Waals surface area contributed by atoms with Crippen molar-refractivity contribution in [1.82, 2.24) is 9.88 Å². The molecule has 142 valence electrons. The number of pyridine rings is 1. The van der Waals surface area contributed by atoms with Gasteiger partial charge in [0.1, 0.15) is 0 Å². The maximum Gasteiger partial charge on any atom is 0.0373 e. The molecular weight excluding hydrogens is 340 g/mol. The highest BCUT2D eigenvalue weighted by Gasteiger charge is 2.13. The number of benzene rings is 2. The van der Waals surface area contributed by atoms with Crippen LogP contribution in [0.3, 0.4) is 0 Å². The number of hydrogen-bond acceptors (Lipinski definition) is 2. The molecule has 28 heavy (non-hydrogen) atoms. The molecule has 0 aliphatic carbocycles. The lowest BCUT2D eigenvalue weighted by atomic mass is 9.97. The number of rotatable bonds is 5. The highest BCUT2D eigenvalue weighted by Crippen LogP contribution is 2.24. The van der Waals surface area contributed by atoms with Crippen molar-refractivity contribution in [2.75, 3.05) is 19.6 Å². The Morgan fingerprint density at radius 1 is 0.893 bits per heavy atom. The summed E-state index contributed by atoms with van der Waals surface area (Å²) in [6.07, 6.45) is 6.60. The predicted octanol–water partition coefficient (Wildman–Crippen LogP) is 5.70. The van der Waals surface area contributed by atoms with E-state index in [2.05, 4.69) is 83.5 Å². The van der Waals surface area contributed by atoms with E-state index < -0.39 is 0 Å². The highest BCUT2D eigenvalue weighted by atomic mass is 15.1. The van der Waals surface area contributed by atoms with Gasteiger partial charge in [-0.05, 0) is 55.0 Å². The van der Waals surface area contributed by atoms with Crippen LogP contribution in [0.25, 0.3) is 16.7 Å². The van der Waals surface area contributed by atoms with Crippen LogP contribution in [-0.2, 0) is 6.42 Å². The minimum Gasteiger partial charge on any atom is -0.299 e. The predicted molar refractivity (Wildman–Crippen MR) is 118 cm³/mol. The molecule has 0 amide bonds. The Hall–Kier alpha value is -2.71. The second-order valence-corrected chi connectivity index (χ2v) is 7.79. The van der Waals surface area contributed by atoms with E-state index in [1.54, 1.807) is 0 Å². The molecule has 2 aromatic carbocycles. The zero-order valence-corrected chi connectivity index (χ0v) is 16.9. The zero-order valence-electron chi connectivity index (χ0n) is 16.9. The quantitative estimate of drug-likeness (QED) is 0.574. The van der Waals surface area contributed by atoms with Gasteiger partial charge >= 0.3 is 0 Å². The lowest BCUT2D eigenvalue weighted by molar-refractivity contribution is 0.306. The molecular formula is C26H28N2. The maximum absolute atomic E-state index is 4.43. The van der Waals surface area contributed by atoms with Crippen molar-refractivity contribution in [3.05, 3.63) is 95.3 Å². The number of nitrogens with zero attached hydrogens (tertiary/aromatic N) is 2. The molecule has 0 bridgehead atoms. The summed E-state index contributed by atoms with van der Waals surface area (Å²) in [6, 6.07) is 22.0. The third kappa shape index (κ3) is 4.58. The Kier molecular flexibility index (Phi) is 5.68. The first-order valence-electron chi connectivity index (χ1n) is 10.2. The van der Waals surface area contributed by atoms with Gasteiger partial charge in [-0.3, -0.25) is 9.88 Å². The molecule has 0 saturated carbocycles. The Morgan fingerprint density at radius 3 is 2.50 bits per heavy atom. The van der Waals surface area contributed by atoms with Crippen LogP contribution in [0.4, 0.5) is 0 Å². The molecule has 1 aliphatic rings. The molecule has 0 unspecified atom stereocenters. The average molecular weight is 369 g/mol. The number of aromatic nitrogens is 1. The molecule has 2 heterocycles. The van der Waals surface area contributed by atoms with Crippen molar-refractivity contribution in [1.29, 1.82) is 0 Å². The molecule has 0 saturated heterocycles. The molecule has 3 aromatic rings. The lowest BCUT2D eigenvalue weighted by Gasteiger charge is -2.26. The van der Waals surface area contributed by atoms with Gasteiger partial charge in [0.15, 0.2) is 0 Å². The first kappa shape index (κ1) is 18.6. The number of hydrogen-bond donors (Lipinski definition) is 0. The fourth-order valence-electron chi connectivity index (χ4n) is 3.85. The van der Waals surface area contributed by atoms with E-state index in [1.807, 2.05) is 13.1 Å². The van der Waals surface area contributed by atoms with Crippen LogP contribution in [0.15, 0.2) is 72.9 Å². The van der Waals surface area contributed by atoms with Gasteiger partial charge in [0.2, 0.25) is 0 Å². The largest absolute Gasteiger partial charge is 0.299 e. The van der Waals surface area contributed by atoms with Crippen molar-refractivity contribution in [2.24, 2.45) is 0 Å². The van der Waals surface area contributed by atoms with Crippen molar-refractivity contribution < 1.29 is 0 Å². The first-order valence-corrected chi connectivity index (χ1v) is 10.2. The molecule has 1 aromatic heterocycles. The summed E-state index contributed by atoms with van der Waals surface area (Å²) >= 11 is 0. The van der Waals surface area contributed by atoms with E-state index in [9.17, 15) is 0 Å². The van der Waals surface area contributed by atoms with E-state index in [1.165, 1.54) is 33.4 Å². The molecule has 0 fully saturated rings. The fraction of sp³-hybridized carbons (Fsp3) is 0.269. The fourth-order valence-corrected chi connectivity index (χ4v) is 3.85. The van der Waals surface area contributed by atoms with Crippen molar-refractivity contribution >= 4 is 5.57 Å². The van der Waals surface area contributed by atoms with Gasteiger partial charge in [0.05, 0.1) is 0 Å². The van der Waals surface area contributed by atoms with Crippen molar-refractivity contribution in [3.63, 3.8) is 0 Å². The smallest absolute Gasteiger partial charge is 0.0373 e. The summed E-state index contributed by atoms with van der Waals surface area (Å²) in [4.78, 5) is 6.98. The van der Waals surface area contributed by atoms with Crippen LogP contribution < -0.4 is 0 Å². The van der Waals surface area contributed by atoms with Gasteiger partial charge in [-0.2, -0.15) is 0 Å². The minimum atomic E-state index is 1.05. The Bertz CT molecular complexity index is 970. The molecule has 0 radical (unpaired) electrons. The molecule has 2 heteroatoms. The van der Waals surface area contributed by atoms with E-state index >= 15 is 0 Å². The SMILES string of the molecule is Cc1cccc(C2=CCN(CCc3cccc(-c4ccc(C)nc4)c3)CC2)c1. The monoisotopic (exact) mass is 368 g/mol. The van der Waals surface area contributed by atoms with E-state index in [4.69, 9.17) is 0 Å². The van der Waals surface area contributed by atoms with E-state index in [-0.39, 0.29) is 0 Å². The van der Waals surface area contributed by atoms with Gasteiger partial charge in [0.25, 0.3) is 0 Å². The topological polar surface area (TPSA) is 16.1 Å². The van der Waals surface area contributed by atoms with Crippen molar-refractivity contribution in [3.8, 4) is 11.1 Å². The summed E-state index contributed by atoms with van der Waals surface area (Å²) < 4.78 is 0. The normalized spacial score (nSPS) is 14.7. The Morgan fingerprint density at radius 2 is 1.75 bits per heavy atom. The molecule has 0 spiro atoms. The standard InChI is InChI=1S/C26H28N2/c1-20-5-3-7-24(17-20)23-12-15-28(16-13-23)14-11-22-6-4-8-25(18-22)26-10-9-21(2)27-19-26/h3-10,12,17-19H,11,13-16H2,1-2H3. The summed E-state index contributed by atoms with van der Waals surface area (Å²) in [7, 11) is 0. The average Bonchev–Trinajstić information content (AvgIpc) is 2.73. The van der Waals surface area contributed by atoms with Gasteiger partial charge in [-0.25, -0.2) is 0 Å². The third-order valence-electron chi connectivity index (χ3n) is 5.57. The van der Waals surface area contributed by atoms with Gasteiger partial charge in [-0.1, -0.05) is 66.2 Å². The highest BCUT2D eigenvalue weighted by molar-refractivity contribution is 5.67. The molecule has 4 rings (SSSR count). The first-order chi connectivity index (χ1) is 13.7. The van der Waals surface area contributed by atoms with Crippen LogP contribution in [0, 0.1) is 13.8 Å². The van der Waals surface area contributed by atoms with Crippen LogP contribution in [0.1, 0.15) is 28.8 Å². The van der Waals surface area contributed by atoms with Gasteiger partial charge < -0.3 is 0 Å². The summed E-state index contributed by atoms with van der Waals surface area (Å²) in [6.45, 7) is 7.48. The Labute approximate surface area is 168 Å². The summed E-state index contributed by atoms with van der Waals surface area (Å²) in [5.41, 5.74) is 9.12. The summed E-state index contributed by atoms with van der Waals surface area (Å²) in [5, 5.41) is 0. The molecule has 1 aliphatic heterocycles. The van der Waals surface area contributed by atoms with Crippen molar-refractivity contribution in [2.45, 2.75) is 26.7 Å². The second-order valence-electron chi connectivity index (χ2n) is 7.79. The van der Waals surface area contributed by atoms with Crippen LogP contribution in [-0.4, -0.2) is 29.5 Å². The maximum atomic E-state index is 4.43. The van der Waals surface area contributed by atoms with Crippen LogP contribution >= 0.6 is 0 Å². The zero-order chi connectivity index (χ0) is 19.3. The van der Waals surface area contributed by atoms with Crippen LogP contribution in [0.5, 0.6) is 0 Å².